The van der Waals surface area contributed by atoms with Gasteiger partial charge >= 0.3 is 0 Å². The van der Waals surface area contributed by atoms with Crippen molar-refractivity contribution in [1.29, 1.82) is 0 Å². The van der Waals surface area contributed by atoms with Crippen LogP contribution in [0.1, 0.15) is 406 Å². The molecule has 0 aromatic carbocycles. The van der Waals surface area contributed by atoms with Crippen molar-refractivity contribution in [3.63, 3.8) is 0 Å². The molecule has 4 heteroatoms. The van der Waals surface area contributed by atoms with Gasteiger partial charge in [0.15, 0.2) is 0 Å². The van der Waals surface area contributed by atoms with E-state index in [1.54, 1.807) is 0 Å². The molecular weight excluding hydrogens is 867 g/mol. The standard InChI is InChI=1S/C67H135NO3/c1-3-5-7-9-11-13-15-17-19-21-23-25-27-28-29-30-31-32-33-34-35-36-37-38-39-40-41-43-45-47-49-51-53-55-57-59-61-63-67(71)68-65(64-69)66(70)62-60-58-56-54-52-50-48-46-44-42-26-24-22-20-18-16-14-12-10-8-6-4-2/h65-66,69-70H,3-64H2,1-2H3,(H,68,71). The van der Waals surface area contributed by atoms with Gasteiger partial charge in [0.25, 0.3) is 0 Å². The molecule has 3 N–H and O–H groups in total. The molecule has 0 radical (unpaired) electrons. The minimum atomic E-state index is -0.656. The molecule has 4 nitrogen and oxygen atoms in total. The smallest absolute Gasteiger partial charge is 0.220 e. The Morgan fingerprint density at radius 2 is 0.451 bits per heavy atom. The van der Waals surface area contributed by atoms with Gasteiger partial charge in [-0.3, -0.25) is 4.79 Å². The molecule has 0 aromatic heterocycles. The summed E-state index contributed by atoms with van der Waals surface area (Å²) >= 11 is 0. The first-order valence-electron chi connectivity index (χ1n) is 33.7. The van der Waals surface area contributed by atoms with Crippen LogP contribution in [0.3, 0.4) is 0 Å². The molecule has 71 heavy (non-hydrogen) atoms. The topological polar surface area (TPSA) is 69.6 Å². The number of carbonyl (C=O) groups excluding carboxylic acids is 1. The Hall–Kier alpha value is -0.610. The number of aliphatic hydroxyl groups is 2. The lowest BCUT2D eigenvalue weighted by atomic mass is 10.0. The van der Waals surface area contributed by atoms with Crippen LogP contribution in [0.25, 0.3) is 0 Å². The van der Waals surface area contributed by atoms with Crippen LogP contribution in [0.2, 0.25) is 0 Å². The largest absolute Gasteiger partial charge is 0.394 e. The van der Waals surface area contributed by atoms with Crippen molar-refractivity contribution >= 4 is 5.91 Å². The number of hydrogen-bond acceptors (Lipinski definition) is 3. The maximum Gasteiger partial charge on any atom is 0.220 e. The summed E-state index contributed by atoms with van der Waals surface area (Å²) < 4.78 is 0. The highest BCUT2D eigenvalue weighted by Gasteiger charge is 2.20. The Morgan fingerprint density at radius 1 is 0.282 bits per heavy atom. The van der Waals surface area contributed by atoms with E-state index in [9.17, 15) is 15.0 Å². The minimum Gasteiger partial charge on any atom is -0.394 e. The molecule has 0 aliphatic carbocycles. The Balaban J connectivity index is 3.34. The fourth-order valence-corrected chi connectivity index (χ4v) is 11.3. The number of carbonyl (C=O) groups is 1. The van der Waals surface area contributed by atoms with Crippen LogP contribution >= 0.6 is 0 Å². The molecule has 0 heterocycles. The third kappa shape index (κ3) is 60.1. The first kappa shape index (κ1) is 70.4. The molecule has 0 fully saturated rings. The van der Waals surface area contributed by atoms with E-state index in [2.05, 4.69) is 19.2 Å². The molecule has 1 amide bonds. The highest BCUT2D eigenvalue weighted by atomic mass is 16.3. The van der Waals surface area contributed by atoms with Gasteiger partial charge in [-0.2, -0.15) is 0 Å². The van der Waals surface area contributed by atoms with E-state index in [0.717, 1.165) is 25.7 Å². The quantitative estimate of drug-likeness (QED) is 0.0532. The molecule has 426 valence electrons. The Kier molecular flexibility index (Phi) is 63.1. The Labute approximate surface area is 448 Å². The van der Waals surface area contributed by atoms with Gasteiger partial charge in [0.2, 0.25) is 5.91 Å². The predicted molar refractivity (Wildman–Crippen MR) is 318 cm³/mol. The molecule has 0 rings (SSSR count). The van der Waals surface area contributed by atoms with E-state index < -0.39 is 12.1 Å². The van der Waals surface area contributed by atoms with Crippen LogP contribution in [0, 0.1) is 0 Å². The van der Waals surface area contributed by atoms with Gasteiger partial charge in [-0.1, -0.05) is 386 Å². The third-order valence-corrected chi connectivity index (χ3v) is 16.4. The first-order valence-corrected chi connectivity index (χ1v) is 33.7. The summed E-state index contributed by atoms with van der Waals surface area (Å²) in [6.45, 7) is 4.42. The number of nitrogens with one attached hydrogen (secondary N) is 1. The average molecular weight is 1000 g/mol. The fraction of sp³-hybridized carbons (Fsp3) is 0.985. The van der Waals surface area contributed by atoms with E-state index in [-0.39, 0.29) is 12.5 Å². The number of hydrogen-bond donors (Lipinski definition) is 3. The van der Waals surface area contributed by atoms with Crippen LogP contribution in [0.4, 0.5) is 0 Å². The Bertz CT molecular complexity index is 956. The SMILES string of the molecule is CCCCCCCCCCCCCCCCCCCCCCCCCCCCCCCCCCCCCCCC(=O)NC(CO)C(O)CCCCCCCCCCCCCCCCCCCCCCCC. The van der Waals surface area contributed by atoms with Gasteiger partial charge in [0.05, 0.1) is 18.8 Å². The second-order valence-corrected chi connectivity index (χ2v) is 23.6. The monoisotopic (exact) mass is 1000 g/mol. The number of amides is 1. The van der Waals surface area contributed by atoms with Crippen LogP contribution in [0.15, 0.2) is 0 Å². The molecule has 2 unspecified atom stereocenters. The molecule has 0 saturated carbocycles. The second kappa shape index (κ2) is 63.7. The molecule has 0 spiro atoms. The molecule has 0 aliphatic rings. The highest BCUT2D eigenvalue weighted by molar-refractivity contribution is 5.76. The lowest BCUT2D eigenvalue weighted by Gasteiger charge is -2.22. The molecular formula is C67H135NO3. The van der Waals surface area contributed by atoms with Crippen molar-refractivity contribution in [2.75, 3.05) is 6.61 Å². The lowest BCUT2D eigenvalue weighted by molar-refractivity contribution is -0.123. The summed E-state index contributed by atoms with van der Waals surface area (Å²) in [4.78, 5) is 12.5. The summed E-state index contributed by atoms with van der Waals surface area (Å²) in [6, 6.07) is -0.532. The van der Waals surface area contributed by atoms with Gasteiger partial charge in [-0.15, -0.1) is 0 Å². The van der Waals surface area contributed by atoms with E-state index >= 15 is 0 Å². The second-order valence-electron chi connectivity index (χ2n) is 23.6. The van der Waals surface area contributed by atoms with Crippen LogP contribution in [-0.2, 0) is 4.79 Å². The van der Waals surface area contributed by atoms with E-state index in [1.165, 1.54) is 353 Å². The normalized spacial score (nSPS) is 12.6. The van der Waals surface area contributed by atoms with Crippen LogP contribution in [0.5, 0.6) is 0 Å². The summed E-state index contributed by atoms with van der Waals surface area (Å²) in [5, 5.41) is 23.4. The van der Waals surface area contributed by atoms with Crippen molar-refractivity contribution in [3.8, 4) is 0 Å². The van der Waals surface area contributed by atoms with Gasteiger partial charge in [-0.25, -0.2) is 0 Å². The zero-order valence-electron chi connectivity index (χ0n) is 49.3. The van der Waals surface area contributed by atoms with Gasteiger partial charge in [-0.05, 0) is 12.8 Å². The first-order chi connectivity index (χ1) is 35.2. The molecule has 0 aromatic rings. The number of rotatable bonds is 64. The number of unbranched alkanes of at least 4 members (excludes halogenated alkanes) is 57. The van der Waals surface area contributed by atoms with Crippen LogP contribution in [-0.4, -0.2) is 34.9 Å². The van der Waals surface area contributed by atoms with E-state index in [4.69, 9.17) is 0 Å². The van der Waals surface area contributed by atoms with Gasteiger partial charge < -0.3 is 15.5 Å². The van der Waals surface area contributed by atoms with E-state index in [0.29, 0.717) is 12.8 Å². The zero-order valence-corrected chi connectivity index (χ0v) is 49.3. The minimum absolute atomic E-state index is 0.0199. The Morgan fingerprint density at radius 3 is 0.634 bits per heavy atom. The lowest BCUT2D eigenvalue weighted by Crippen LogP contribution is -2.45. The maximum atomic E-state index is 12.5. The fourth-order valence-electron chi connectivity index (χ4n) is 11.3. The van der Waals surface area contributed by atoms with Crippen molar-refractivity contribution in [3.05, 3.63) is 0 Å². The third-order valence-electron chi connectivity index (χ3n) is 16.4. The summed E-state index contributed by atoms with van der Waals surface area (Å²) in [6.07, 6.45) is 83.0. The maximum absolute atomic E-state index is 12.5. The average Bonchev–Trinajstić information content (AvgIpc) is 3.37. The van der Waals surface area contributed by atoms with Crippen molar-refractivity contribution in [1.82, 2.24) is 5.32 Å². The molecule has 0 bridgehead atoms. The summed E-state index contributed by atoms with van der Waals surface area (Å²) in [5.74, 6) is -0.0199. The van der Waals surface area contributed by atoms with E-state index in [1.807, 2.05) is 0 Å². The number of aliphatic hydroxyl groups excluding tert-OH is 2. The molecule has 0 saturated heterocycles. The zero-order chi connectivity index (χ0) is 51.3. The predicted octanol–water partition coefficient (Wildman–Crippen LogP) is 22.7. The van der Waals surface area contributed by atoms with Crippen molar-refractivity contribution in [2.45, 2.75) is 418 Å². The van der Waals surface area contributed by atoms with Gasteiger partial charge in [0, 0.05) is 6.42 Å². The highest BCUT2D eigenvalue weighted by Crippen LogP contribution is 2.20. The van der Waals surface area contributed by atoms with Gasteiger partial charge in [0.1, 0.15) is 0 Å². The van der Waals surface area contributed by atoms with Crippen molar-refractivity contribution in [2.24, 2.45) is 0 Å². The van der Waals surface area contributed by atoms with Crippen molar-refractivity contribution < 1.29 is 15.0 Å². The van der Waals surface area contributed by atoms with Crippen LogP contribution < -0.4 is 5.32 Å². The molecule has 2 atom stereocenters. The summed E-state index contributed by atoms with van der Waals surface area (Å²) in [7, 11) is 0. The molecule has 0 aliphatic heterocycles. The summed E-state index contributed by atoms with van der Waals surface area (Å²) in [5.41, 5.74) is 0.